The fourth-order valence-corrected chi connectivity index (χ4v) is 4.56. The van der Waals surface area contributed by atoms with Crippen LogP contribution in [0.3, 0.4) is 0 Å². The van der Waals surface area contributed by atoms with Crippen molar-refractivity contribution in [3.8, 4) is 0 Å². The number of hydrogen-bond acceptors (Lipinski definition) is 3. The van der Waals surface area contributed by atoms with Gasteiger partial charge in [-0.25, -0.2) is 17.2 Å². The topological polar surface area (TPSA) is 66.5 Å². The number of hydrogen-bond donors (Lipinski definition) is 1. The Labute approximate surface area is 184 Å². The second kappa shape index (κ2) is 9.03. The fraction of sp³-hybridized carbons (Fsp3) is 0.136. The van der Waals surface area contributed by atoms with E-state index in [-0.39, 0.29) is 16.3 Å². The van der Waals surface area contributed by atoms with Crippen LogP contribution >= 0.6 is 11.6 Å². The first-order chi connectivity index (χ1) is 14.6. The highest BCUT2D eigenvalue weighted by atomic mass is 35.5. The van der Waals surface area contributed by atoms with Crippen LogP contribution in [0.25, 0.3) is 0 Å². The van der Waals surface area contributed by atoms with Gasteiger partial charge in [-0.1, -0.05) is 35.4 Å². The first-order valence-corrected chi connectivity index (χ1v) is 11.0. The quantitative estimate of drug-likeness (QED) is 0.554. The zero-order valence-corrected chi connectivity index (χ0v) is 18.3. The molecule has 0 aliphatic rings. The van der Waals surface area contributed by atoms with Gasteiger partial charge in [0, 0.05) is 11.1 Å². The van der Waals surface area contributed by atoms with Gasteiger partial charge >= 0.3 is 0 Å². The van der Waals surface area contributed by atoms with Gasteiger partial charge in [-0.2, -0.15) is 0 Å². The SMILES string of the molecule is Cc1ccc(S(=O)(=O)N(CC(=O)Nc2ccc(F)cc2F)c2cccc(Cl)c2C)cc1. The van der Waals surface area contributed by atoms with Crippen LogP contribution in [0.2, 0.25) is 5.02 Å². The van der Waals surface area contributed by atoms with Crippen molar-refractivity contribution in [2.24, 2.45) is 0 Å². The maximum Gasteiger partial charge on any atom is 0.264 e. The highest BCUT2D eigenvalue weighted by Crippen LogP contribution is 2.31. The summed E-state index contributed by atoms with van der Waals surface area (Å²) in [6, 6.07) is 13.5. The number of carbonyl (C=O) groups excluding carboxylic acids is 1. The van der Waals surface area contributed by atoms with Crippen molar-refractivity contribution in [1.82, 2.24) is 0 Å². The second-order valence-electron chi connectivity index (χ2n) is 6.88. The molecule has 31 heavy (non-hydrogen) atoms. The number of sulfonamides is 1. The monoisotopic (exact) mass is 464 g/mol. The lowest BCUT2D eigenvalue weighted by Crippen LogP contribution is -2.38. The van der Waals surface area contributed by atoms with E-state index in [4.69, 9.17) is 11.6 Å². The average Bonchev–Trinajstić information content (AvgIpc) is 2.71. The van der Waals surface area contributed by atoms with E-state index < -0.39 is 34.1 Å². The Bertz CT molecular complexity index is 1230. The molecule has 0 fully saturated rings. The van der Waals surface area contributed by atoms with Crippen molar-refractivity contribution >= 4 is 38.9 Å². The molecule has 0 saturated carbocycles. The largest absolute Gasteiger partial charge is 0.322 e. The molecule has 0 spiro atoms. The molecule has 0 bridgehead atoms. The van der Waals surface area contributed by atoms with Gasteiger partial charge in [-0.3, -0.25) is 9.10 Å². The molecule has 162 valence electrons. The predicted molar refractivity (Wildman–Crippen MR) is 117 cm³/mol. The summed E-state index contributed by atoms with van der Waals surface area (Å²) in [5.74, 6) is -2.57. The first kappa shape index (κ1) is 22.7. The molecule has 0 heterocycles. The standard InChI is InChI=1S/C22H19ClF2N2O3S/c1-14-6-9-17(10-7-14)31(29,30)27(21-5-3-4-18(23)15(21)2)13-22(28)26-20-11-8-16(24)12-19(20)25/h3-12H,13H2,1-2H3,(H,26,28). The molecule has 0 atom stereocenters. The summed E-state index contributed by atoms with van der Waals surface area (Å²) >= 11 is 6.17. The number of anilines is 2. The molecule has 0 saturated heterocycles. The third-order valence-corrected chi connectivity index (χ3v) is 6.79. The number of carbonyl (C=O) groups is 1. The van der Waals surface area contributed by atoms with E-state index in [1.807, 2.05) is 6.92 Å². The number of benzene rings is 3. The molecule has 0 aromatic heterocycles. The van der Waals surface area contributed by atoms with Crippen molar-refractivity contribution in [2.45, 2.75) is 18.7 Å². The van der Waals surface area contributed by atoms with Gasteiger partial charge in [0.2, 0.25) is 5.91 Å². The van der Waals surface area contributed by atoms with Crippen LogP contribution in [-0.2, 0) is 14.8 Å². The number of aryl methyl sites for hydroxylation is 1. The smallest absolute Gasteiger partial charge is 0.264 e. The van der Waals surface area contributed by atoms with E-state index in [0.29, 0.717) is 16.7 Å². The number of nitrogens with one attached hydrogen (secondary N) is 1. The molecule has 3 aromatic rings. The molecule has 0 radical (unpaired) electrons. The maximum atomic E-state index is 13.9. The highest BCUT2D eigenvalue weighted by molar-refractivity contribution is 7.92. The lowest BCUT2D eigenvalue weighted by atomic mass is 10.2. The van der Waals surface area contributed by atoms with Crippen LogP contribution in [0.5, 0.6) is 0 Å². The summed E-state index contributed by atoms with van der Waals surface area (Å²) in [5.41, 5.74) is 1.28. The summed E-state index contributed by atoms with van der Waals surface area (Å²) in [5, 5.41) is 2.61. The summed E-state index contributed by atoms with van der Waals surface area (Å²) in [7, 11) is -4.15. The van der Waals surface area contributed by atoms with Crippen molar-refractivity contribution in [1.29, 1.82) is 0 Å². The molecule has 1 amide bonds. The number of nitrogens with zero attached hydrogens (tertiary/aromatic N) is 1. The van der Waals surface area contributed by atoms with Gasteiger partial charge in [0.1, 0.15) is 18.2 Å². The van der Waals surface area contributed by atoms with Crippen molar-refractivity contribution in [2.75, 3.05) is 16.2 Å². The van der Waals surface area contributed by atoms with E-state index in [1.165, 1.54) is 18.2 Å². The van der Waals surface area contributed by atoms with Crippen molar-refractivity contribution in [3.05, 3.63) is 88.4 Å². The Morgan fingerprint density at radius 1 is 1.03 bits per heavy atom. The minimum atomic E-state index is -4.15. The third-order valence-electron chi connectivity index (χ3n) is 4.61. The van der Waals surface area contributed by atoms with Crippen LogP contribution in [-0.4, -0.2) is 20.9 Å². The zero-order chi connectivity index (χ0) is 22.8. The van der Waals surface area contributed by atoms with Gasteiger partial charge in [0.25, 0.3) is 10.0 Å². The van der Waals surface area contributed by atoms with E-state index in [0.717, 1.165) is 22.0 Å². The molecule has 9 heteroatoms. The molecule has 3 rings (SSSR count). The van der Waals surface area contributed by atoms with Gasteiger partial charge in [-0.15, -0.1) is 0 Å². The van der Waals surface area contributed by atoms with E-state index >= 15 is 0 Å². The van der Waals surface area contributed by atoms with E-state index in [2.05, 4.69) is 5.32 Å². The molecule has 5 nitrogen and oxygen atoms in total. The first-order valence-electron chi connectivity index (χ1n) is 9.19. The molecule has 0 unspecified atom stereocenters. The van der Waals surface area contributed by atoms with Gasteiger partial charge < -0.3 is 5.32 Å². The zero-order valence-electron chi connectivity index (χ0n) is 16.7. The van der Waals surface area contributed by atoms with Gasteiger partial charge in [-0.05, 0) is 55.8 Å². The summed E-state index contributed by atoms with van der Waals surface area (Å²) in [4.78, 5) is 12.6. The average molecular weight is 465 g/mol. The van der Waals surface area contributed by atoms with Crippen LogP contribution in [0, 0.1) is 25.5 Å². The minimum absolute atomic E-state index is 0.0155. The van der Waals surface area contributed by atoms with Gasteiger partial charge in [0.05, 0.1) is 16.3 Å². The van der Waals surface area contributed by atoms with Crippen LogP contribution < -0.4 is 9.62 Å². The number of halogens is 3. The highest BCUT2D eigenvalue weighted by Gasteiger charge is 2.29. The van der Waals surface area contributed by atoms with Crippen LogP contribution in [0.15, 0.2) is 65.6 Å². The van der Waals surface area contributed by atoms with Gasteiger partial charge in [0.15, 0.2) is 0 Å². The number of rotatable bonds is 6. The summed E-state index contributed by atoms with van der Waals surface area (Å²) in [6.45, 7) is 2.81. The summed E-state index contributed by atoms with van der Waals surface area (Å²) in [6.07, 6.45) is 0. The van der Waals surface area contributed by atoms with Crippen LogP contribution in [0.1, 0.15) is 11.1 Å². The Morgan fingerprint density at radius 2 is 1.71 bits per heavy atom. The number of amides is 1. The molecular weight excluding hydrogens is 446 g/mol. The molecule has 0 aliphatic carbocycles. The lowest BCUT2D eigenvalue weighted by molar-refractivity contribution is -0.114. The Balaban J connectivity index is 2.00. The Hall–Kier alpha value is -2.97. The maximum absolute atomic E-state index is 13.9. The van der Waals surface area contributed by atoms with Crippen molar-refractivity contribution in [3.63, 3.8) is 0 Å². The Morgan fingerprint density at radius 3 is 2.35 bits per heavy atom. The predicted octanol–water partition coefficient (Wildman–Crippen LogP) is 5.07. The molecular formula is C22H19ClF2N2O3S. The Kier molecular flexibility index (Phi) is 6.62. The fourth-order valence-electron chi connectivity index (χ4n) is 2.91. The summed E-state index contributed by atoms with van der Waals surface area (Å²) < 4.78 is 54.7. The molecule has 0 aliphatic heterocycles. The van der Waals surface area contributed by atoms with Crippen LogP contribution in [0.4, 0.5) is 20.2 Å². The minimum Gasteiger partial charge on any atom is -0.322 e. The van der Waals surface area contributed by atoms with E-state index in [1.54, 1.807) is 31.2 Å². The third kappa shape index (κ3) is 5.03. The molecule has 1 N–H and O–H groups in total. The molecule has 3 aromatic carbocycles. The normalized spacial score (nSPS) is 11.3. The van der Waals surface area contributed by atoms with E-state index in [9.17, 15) is 22.0 Å². The van der Waals surface area contributed by atoms with Crippen molar-refractivity contribution < 1.29 is 22.0 Å². The lowest BCUT2D eigenvalue weighted by Gasteiger charge is -2.26. The second-order valence-corrected chi connectivity index (χ2v) is 9.15.